The quantitative estimate of drug-likeness (QED) is 0.870. The first-order chi connectivity index (χ1) is 9.08. The highest BCUT2D eigenvalue weighted by Crippen LogP contribution is 2.35. The van der Waals surface area contributed by atoms with Crippen LogP contribution in [-0.4, -0.2) is 19.2 Å². The van der Waals surface area contributed by atoms with Crippen molar-refractivity contribution in [1.82, 2.24) is 5.32 Å². The van der Waals surface area contributed by atoms with Crippen molar-refractivity contribution in [1.29, 1.82) is 0 Å². The van der Waals surface area contributed by atoms with Crippen molar-refractivity contribution in [3.63, 3.8) is 0 Å². The van der Waals surface area contributed by atoms with Crippen molar-refractivity contribution in [3.8, 4) is 5.75 Å². The molecule has 0 saturated carbocycles. The standard InChI is InChI=1S/C15H21Cl2NO/c1-10(2)8-14(11-6-7-18-9-11)19-15-12(16)4-3-5-13(15)17/h3-5,10-11,14,18H,6-9H2,1-2H3. The summed E-state index contributed by atoms with van der Waals surface area (Å²) in [5.74, 6) is 1.75. The zero-order chi connectivity index (χ0) is 13.8. The van der Waals surface area contributed by atoms with Gasteiger partial charge in [-0.15, -0.1) is 0 Å². The number of benzene rings is 1. The minimum atomic E-state index is 0.174. The van der Waals surface area contributed by atoms with E-state index in [0.29, 0.717) is 27.6 Å². The Morgan fingerprint density at radius 3 is 2.53 bits per heavy atom. The van der Waals surface area contributed by atoms with Gasteiger partial charge in [-0.25, -0.2) is 0 Å². The summed E-state index contributed by atoms with van der Waals surface area (Å²) in [5.41, 5.74) is 0. The van der Waals surface area contributed by atoms with Crippen LogP contribution in [0.4, 0.5) is 0 Å². The van der Waals surface area contributed by atoms with Gasteiger partial charge < -0.3 is 10.1 Å². The molecule has 0 radical (unpaired) electrons. The fourth-order valence-corrected chi connectivity index (χ4v) is 3.03. The average Bonchev–Trinajstić information content (AvgIpc) is 2.85. The van der Waals surface area contributed by atoms with E-state index in [9.17, 15) is 0 Å². The molecule has 2 rings (SSSR count). The second kappa shape index (κ2) is 6.83. The molecule has 1 aliphatic heterocycles. The van der Waals surface area contributed by atoms with Crippen molar-refractivity contribution in [2.45, 2.75) is 32.8 Å². The average molecular weight is 302 g/mol. The Labute approximate surface area is 125 Å². The minimum Gasteiger partial charge on any atom is -0.487 e. The Morgan fingerprint density at radius 2 is 2.00 bits per heavy atom. The SMILES string of the molecule is CC(C)CC(Oc1c(Cl)cccc1Cl)C1CCNC1. The molecule has 1 saturated heterocycles. The highest BCUT2D eigenvalue weighted by Gasteiger charge is 2.28. The van der Waals surface area contributed by atoms with E-state index in [0.717, 1.165) is 25.9 Å². The molecule has 106 valence electrons. The van der Waals surface area contributed by atoms with Crippen LogP contribution in [0, 0.1) is 11.8 Å². The summed E-state index contributed by atoms with van der Waals surface area (Å²) in [6.07, 6.45) is 2.35. The van der Waals surface area contributed by atoms with E-state index in [1.807, 2.05) is 18.2 Å². The van der Waals surface area contributed by atoms with Gasteiger partial charge in [0, 0.05) is 12.5 Å². The number of hydrogen-bond acceptors (Lipinski definition) is 2. The number of ether oxygens (including phenoxy) is 1. The summed E-state index contributed by atoms with van der Waals surface area (Å²) < 4.78 is 6.17. The van der Waals surface area contributed by atoms with Crippen molar-refractivity contribution in [2.24, 2.45) is 11.8 Å². The zero-order valence-electron chi connectivity index (χ0n) is 11.5. The van der Waals surface area contributed by atoms with Gasteiger partial charge >= 0.3 is 0 Å². The molecular formula is C15H21Cl2NO. The van der Waals surface area contributed by atoms with Gasteiger partial charge in [0.1, 0.15) is 6.10 Å². The summed E-state index contributed by atoms with van der Waals surface area (Å²) in [7, 11) is 0. The highest BCUT2D eigenvalue weighted by molar-refractivity contribution is 6.37. The van der Waals surface area contributed by atoms with Crippen LogP contribution < -0.4 is 10.1 Å². The second-order valence-corrected chi connectivity index (χ2v) is 6.40. The third-order valence-electron chi connectivity index (χ3n) is 3.52. The third kappa shape index (κ3) is 4.01. The topological polar surface area (TPSA) is 21.3 Å². The van der Waals surface area contributed by atoms with Crippen molar-refractivity contribution in [2.75, 3.05) is 13.1 Å². The first-order valence-electron chi connectivity index (χ1n) is 6.89. The Hall–Kier alpha value is -0.440. The van der Waals surface area contributed by atoms with Crippen LogP contribution in [0.3, 0.4) is 0 Å². The zero-order valence-corrected chi connectivity index (χ0v) is 13.0. The van der Waals surface area contributed by atoms with Gasteiger partial charge in [-0.2, -0.15) is 0 Å². The summed E-state index contributed by atoms with van der Waals surface area (Å²) >= 11 is 12.4. The van der Waals surface area contributed by atoms with E-state index in [1.54, 1.807) is 0 Å². The maximum Gasteiger partial charge on any atom is 0.156 e. The monoisotopic (exact) mass is 301 g/mol. The first kappa shape index (κ1) is 15.0. The van der Waals surface area contributed by atoms with E-state index in [-0.39, 0.29) is 6.10 Å². The predicted octanol–water partition coefficient (Wildman–Crippen LogP) is 4.40. The molecule has 19 heavy (non-hydrogen) atoms. The lowest BCUT2D eigenvalue weighted by atomic mass is 9.93. The highest BCUT2D eigenvalue weighted by atomic mass is 35.5. The molecule has 1 fully saturated rings. The van der Waals surface area contributed by atoms with Crippen LogP contribution in [0.15, 0.2) is 18.2 Å². The maximum atomic E-state index is 6.19. The van der Waals surface area contributed by atoms with Crippen LogP contribution >= 0.6 is 23.2 Å². The van der Waals surface area contributed by atoms with Crippen molar-refractivity contribution in [3.05, 3.63) is 28.2 Å². The van der Waals surface area contributed by atoms with Gasteiger partial charge in [0.15, 0.2) is 5.75 Å². The summed E-state index contributed by atoms with van der Waals surface area (Å²) in [5, 5.41) is 4.58. The van der Waals surface area contributed by atoms with Crippen molar-refractivity contribution < 1.29 is 4.74 Å². The minimum absolute atomic E-state index is 0.174. The number of halogens is 2. The lowest BCUT2D eigenvalue weighted by molar-refractivity contribution is 0.120. The maximum absolute atomic E-state index is 6.19. The van der Waals surface area contributed by atoms with E-state index < -0.39 is 0 Å². The van der Waals surface area contributed by atoms with E-state index in [4.69, 9.17) is 27.9 Å². The van der Waals surface area contributed by atoms with Gasteiger partial charge in [0.2, 0.25) is 0 Å². The molecule has 2 nitrogen and oxygen atoms in total. The molecule has 0 spiro atoms. The van der Waals surface area contributed by atoms with E-state index >= 15 is 0 Å². The molecule has 1 aromatic rings. The Morgan fingerprint density at radius 1 is 1.32 bits per heavy atom. The first-order valence-corrected chi connectivity index (χ1v) is 7.65. The molecule has 4 heteroatoms. The molecule has 2 atom stereocenters. The number of hydrogen-bond donors (Lipinski definition) is 1. The molecule has 1 N–H and O–H groups in total. The van der Waals surface area contributed by atoms with Crippen LogP contribution in [0.5, 0.6) is 5.75 Å². The Balaban J connectivity index is 2.14. The summed E-state index contributed by atoms with van der Waals surface area (Å²) in [6, 6.07) is 5.48. The lowest BCUT2D eigenvalue weighted by Gasteiger charge is -2.26. The van der Waals surface area contributed by atoms with Crippen molar-refractivity contribution >= 4 is 23.2 Å². The van der Waals surface area contributed by atoms with Gasteiger partial charge in [0.05, 0.1) is 10.0 Å². The number of rotatable bonds is 5. The molecule has 1 heterocycles. The van der Waals surface area contributed by atoms with Crippen LogP contribution in [0.25, 0.3) is 0 Å². The van der Waals surface area contributed by atoms with Crippen LogP contribution in [-0.2, 0) is 0 Å². The largest absolute Gasteiger partial charge is 0.487 e. The fraction of sp³-hybridized carbons (Fsp3) is 0.600. The molecule has 1 aromatic carbocycles. The smallest absolute Gasteiger partial charge is 0.156 e. The molecule has 0 aromatic heterocycles. The number of nitrogens with one attached hydrogen (secondary N) is 1. The Bertz CT molecular complexity index is 396. The van der Waals surface area contributed by atoms with Gasteiger partial charge in [0.25, 0.3) is 0 Å². The summed E-state index contributed by atoms with van der Waals surface area (Å²) in [6.45, 7) is 6.51. The molecule has 0 aliphatic carbocycles. The fourth-order valence-electron chi connectivity index (χ4n) is 2.54. The molecule has 2 unspecified atom stereocenters. The normalized spacial score (nSPS) is 20.8. The lowest BCUT2D eigenvalue weighted by Crippen LogP contribution is -2.30. The Kier molecular flexibility index (Phi) is 5.37. The van der Waals surface area contributed by atoms with Gasteiger partial charge in [-0.1, -0.05) is 43.1 Å². The second-order valence-electron chi connectivity index (χ2n) is 5.59. The number of para-hydroxylation sites is 1. The molecular weight excluding hydrogens is 281 g/mol. The van der Waals surface area contributed by atoms with Crippen LogP contribution in [0.2, 0.25) is 10.0 Å². The molecule has 0 bridgehead atoms. The van der Waals surface area contributed by atoms with E-state index in [1.165, 1.54) is 0 Å². The van der Waals surface area contributed by atoms with Gasteiger partial charge in [-0.3, -0.25) is 0 Å². The third-order valence-corrected chi connectivity index (χ3v) is 4.11. The van der Waals surface area contributed by atoms with E-state index in [2.05, 4.69) is 19.2 Å². The summed E-state index contributed by atoms with van der Waals surface area (Å²) in [4.78, 5) is 0. The van der Waals surface area contributed by atoms with Gasteiger partial charge in [-0.05, 0) is 37.4 Å². The molecule has 1 aliphatic rings. The predicted molar refractivity (Wildman–Crippen MR) is 81.3 cm³/mol. The van der Waals surface area contributed by atoms with Crippen LogP contribution in [0.1, 0.15) is 26.7 Å². The molecule has 0 amide bonds.